The predicted molar refractivity (Wildman–Crippen MR) is 66.8 cm³/mol. The molecular weight excluding hydrogens is 232 g/mol. The van der Waals surface area contributed by atoms with E-state index in [2.05, 4.69) is 9.89 Å². The van der Waals surface area contributed by atoms with Crippen molar-refractivity contribution < 1.29 is 14.7 Å². The molecule has 18 heavy (non-hydrogen) atoms. The van der Waals surface area contributed by atoms with Crippen molar-refractivity contribution >= 4 is 23.4 Å². The van der Waals surface area contributed by atoms with Gasteiger partial charge in [-0.1, -0.05) is 0 Å². The van der Waals surface area contributed by atoms with Crippen molar-refractivity contribution in [1.82, 2.24) is 0 Å². The van der Waals surface area contributed by atoms with Gasteiger partial charge in [0.2, 0.25) is 6.08 Å². The maximum atomic E-state index is 11.0. The van der Waals surface area contributed by atoms with Gasteiger partial charge in [0, 0.05) is 18.8 Å². The topological polar surface area (TPSA) is 70.0 Å². The van der Waals surface area contributed by atoms with Crippen LogP contribution in [-0.2, 0) is 9.59 Å². The number of anilines is 1. The van der Waals surface area contributed by atoms with Crippen LogP contribution in [0.25, 0.3) is 0 Å². The summed E-state index contributed by atoms with van der Waals surface area (Å²) in [5.74, 6) is -1.03. The minimum absolute atomic E-state index is 0.300. The number of benzene rings is 1. The van der Waals surface area contributed by atoms with Crippen LogP contribution in [0.1, 0.15) is 12.8 Å². The zero-order valence-corrected chi connectivity index (χ0v) is 9.87. The zero-order chi connectivity index (χ0) is 13.0. The third kappa shape index (κ3) is 2.76. The molecule has 1 heterocycles. The van der Waals surface area contributed by atoms with Gasteiger partial charge in [-0.05, 0) is 37.1 Å². The van der Waals surface area contributed by atoms with Gasteiger partial charge < -0.3 is 10.0 Å². The lowest BCUT2D eigenvalue weighted by Gasteiger charge is -2.32. The SMILES string of the molecule is O=C=Nc1ccc(N2CCCC(C(=O)O)C2)cc1. The minimum atomic E-state index is -0.734. The number of carbonyl (C=O) groups excluding carboxylic acids is 1. The number of rotatable bonds is 3. The fourth-order valence-electron chi connectivity index (χ4n) is 2.20. The van der Waals surface area contributed by atoms with E-state index in [9.17, 15) is 9.59 Å². The molecule has 0 aliphatic carbocycles. The van der Waals surface area contributed by atoms with E-state index < -0.39 is 5.97 Å². The van der Waals surface area contributed by atoms with Crippen LogP contribution in [0, 0.1) is 5.92 Å². The van der Waals surface area contributed by atoms with Gasteiger partial charge in [0.05, 0.1) is 11.6 Å². The molecule has 1 fully saturated rings. The summed E-state index contributed by atoms with van der Waals surface area (Å²) in [5.41, 5.74) is 1.52. The van der Waals surface area contributed by atoms with Gasteiger partial charge in [0.25, 0.3) is 0 Å². The lowest BCUT2D eigenvalue weighted by atomic mass is 9.98. The minimum Gasteiger partial charge on any atom is -0.481 e. The van der Waals surface area contributed by atoms with Gasteiger partial charge in [-0.2, -0.15) is 4.99 Å². The summed E-state index contributed by atoms with van der Waals surface area (Å²) in [6.45, 7) is 1.39. The van der Waals surface area contributed by atoms with Crippen LogP contribution >= 0.6 is 0 Å². The molecule has 1 N–H and O–H groups in total. The van der Waals surface area contributed by atoms with Crippen LogP contribution < -0.4 is 4.90 Å². The molecule has 1 saturated heterocycles. The Morgan fingerprint density at radius 1 is 1.39 bits per heavy atom. The number of aliphatic carboxylic acids is 1. The van der Waals surface area contributed by atoms with Crippen molar-refractivity contribution in [2.45, 2.75) is 12.8 Å². The number of hydrogen-bond donors (Lipinski definition) is 1. The molecule has 2 rings (SSSR count). The normalized spacial score (nSPS) is 19.1. The molecular formula is C13H14N2O3. The highest BCUT2D eigenvalue weighted by molar-refractivity contribution is 5.71. The fraction of sp³-hybridized carbons (Fsp3) is 0.385. The smallest absolute Gasteiger partial charge is 0.308 e. The predicted octanol–water partition coefficient (Wildman–Crippen LogP) is 1.95. The first kappa shape index (κ1) is 12.3. The second-order valence-electron chi connectivity index (χ2n) is 4.34. The number of carbonyl (C=O) groups is 1. The van der Waals surface area contributed by atoms with Crippen LogP contribution in [0.4, 0.5) is 11.4 Å². The molecule has 1 aliphatic rings. The van der Waals surface area contributed by atoms with Crippen molar-refractivity contribution in [2.75, 3.05) is 18.0 Å². The molecule has 0 spiro atoms. The van der Waals surface area contributed by atoms with Crippen molar-refractivity contribution in [3.63, 3.8) is 0 Å². The second-order valence-corrected chi connectivity index (χ2v) is 4.34. The van der Waals surface area contributed by atoms with Crippen molar-refractivity contribution in [3.8, 4) is 0 Å². The lowest BCUT2D eigenvalue weighted by molar-refractivity contribution is -0.141. The van der Waals surface area contributed by atoms with Gasteiger partial charge >= 0.3 is 5.97 Å². The summed E-state index contributed by atoms with van der Waals surface area (Å²) in [5, 5.41) is 9.03. The Morgan fingerprint density at radius 2 is 2.11 bits per heavy atom. The number of hydrogen-bond acceptors (Lipinski definition) is 4. The Balaban J connectivity index is 2.11. The maximum absolute atomic E-state index is 11.0. The summed E-state index contributed by atoms with van der Waals surface area (Å²) in [6, 6.07) is 7.15. The summed E-state index contributed by atoms with van der Waals surface area (Å²) in [4.78, 5) is 26.7. The third-order valence-corrected chi connectivity index (χ3v) is 3.16. The van der Waals surface area contributed by atoms with E-state index in [0.717, 1.165) is 25.1 Å². The van der Waals surface area contributed by atoms with Crippen LogP contribution in [0.15, 0.2) is 29.3 Å². The van der Waals surface area contributed by atoms with E-state index in [1.807, 2.05) is 12.1 Å². The lowest BCUT2D eigenvalue weighted by Crippen LogP contribution is -2.38. The van der Waals surface area contributed by atoms with Crippen LogP contribution in [0.2, 0.25) is 0 Å². The summed E-state index contributed by atoms with van der Waals surface area (Å²) < 4.78 is 0. The highest BCUT2D eigenvalue weighted by atomic mass is 16.4. The van der Waals surface area contributed by atoms with Gasteiger partial charge in [-0.3, -0.25) is 4.79 Å². The molecule has 94 valence electrons. The molecule has 5 heteroatoms. The van der Waals surface area contributed by atoms with Crippen LogP contribution in [-0.4, -0.2) is 30.2 Å². The van der Waals surface area contributed by atoms with Crippen molar-refractivity contribution in [1.29, 1.82) is 0 Å². The fourth-order valence-corrected chi connectivity index (χ4v) is 2.20. The average Bonchev–Trinajstić information content (AvgIpc) is 2.40. The van der Waals surface area contributed by atoms with E-state index in [1.54, 1.807) is 12.1 Å². The van der Waals surface area contributed by atoms with E-state index in [0.29, 0.717) is 12.2 Å². The van der Waals surface area contributed by atoms with Crippen LogP contribution in [0.5, 0.6) is 0 Å². The molecule has 0 radical (unpaired) electrons. The molecule has 1 aliphatic heterocycles. The molecule has 0 aromatic heterocycles. The Bertz CT molecular complexity index is 478. The quantitative estimate of drug-likeness (QED) is 0.653. The average molecular weight is 246 g/mol. The molecule has 5 nitrogen and oxygen atoms in total. The number of piperidine rings is 1. The Kier molecular flexibility index (Phi) is 3.75. The molecule has 1 atom stereocenters. The molecule has 1 aromatic rings. The number of nitrogens with zero attached hydrogens (tertiary/aromatic N) is 2. The first-order chi connectivity index (χ1) is 8.70. The van der Waals surface area contributed by atoms with E-state index in [4.69, 9.17) is 5.11 Å². The number of carboxylic acids is 1. The standard InChI is InChI=1S/C13H14N2O3/c16-9-14-11-3-5-12(6-4-11)15-7-1-2-10(8-15)13(17)18/h3-6,10H,1-2,7-8H2,(H,17,18). The number of carboxylic acid groups (broad SMARTS) is 1. The molecule has 0 amide bonds. The zero-order valence-electron chi connectivity index (χ0n) is 9.87. The Hall–Kier alpha value is -2.13. The Morgan fingerprint density at radius 3 is 2.72 bits per heavy atom. The molecule has 0 saturated carbocycles. The first-order valence-corrected chi connectivity index (χ1v) is 5.86. The molecule has 1 aromatic carbocycles. The largest absolute Gasteiger partial charge is 0.481 e. The molecule has 1 unspecified atom stereocenters. The van der Waals surface area contributed by atoms with Gasteiger partial charge in [0.15, 0.2) is 0 Å². The number of aliphatic imine (C=N–C) groups is 1. The van der Waals surface area contributed by atoms with E-state index in [1.165, 1.54) is 6.08 Å². The van der Waals surface area contributed by atoms with Gasteiger partial charge in [0.1, 0.15) is 0 Å². The Labute approximate surface area is 105 Å². The van der Waals surface area contributed by atoms with E-state index >= 15 is 0 Å². The number of isocyanates is 1. The van der Waals surface area contributed by atoms with Gasteiger partial charge in [-0.25, -0.2) is 4.79 Å². The maximum Gasteiger partial charge on any atom is 0.308 e. The molecule has 0 bridgehead atoms. The summed E-state index contributed by atoms with van der Waals surface area (Å²) >= 11 is 0. The van der Waals surface area contributed by atoms with Crippen molar-refractivity contribution in [2.24, 2.45) is 10.9 Å². The second kappa shape index (κ2) is 5.47. The van der Waals surface area contributed by atoms with E-state index in [-0.39, 0.29) is 5.92 Å². The highest BCUT2D eigenvalue weighted by Crippen LogP contribution is 2.25. The summed E-state index contributed by atoms with van der Waals surface area (Å²) in [6.07, 6.45) is 3.10. The first-order valence-electron chi connectivity index (χ1n) is 5.86. The highest BCUT2D eigenvalue weighted by Gasteiger charge is 2.25. The van der Waals surface area contributed by atoms with Crippen molar-refractivity contribution in [3.05, 3.63) is 24.3 Å². The summed E-state index contributed by atoms with van der Waals surface area (Å²) in [7, 11) is 0. The third-order valence-electron chi connectivity index (χ3n) is 3.16. The van der Waals surface area contributed by atoms with Gasteiger partial charge in [-0.15, -0.1) is 0 Å². The van der Waals surface area contributed by atoms with Crippen LogP contribution in [0.3, 0.4) is 0 Å². The monoisotopic (exact) mass is 246 g/mol.